The monoisotopic (exact) mass is 302 g/mol. The normalized spacial score (nSPS) is 12.8. The van der Waals surface area contributed by atoms with Gasteiger partial charge in [-0.05, 0) is 41.3 Å². The van der Waals surface area contributed by atoms with E-state index in [1.54, 1.807) is 7.11 Å². The lowest BCUT2D eigenvalue weighted by Gasteiger charge is -2.31. The van der Waals surface area contributed by atoms with Crippen LogP contribution in [0.5, 0.6) is 0 Å². The van der Waals surface area contributed by atoms with Crippen LogP contribution in [-0.4, -0.2) is 77.1 Å². The van der Waals surface area contributed by atoms with Gasteiger partial charge >= 0.3 is 0 Å². The zero-order valence-corrected chi connectivity index (χ0v) is 14.7. The van der Waals surface area contributed by atoms with Crippen molar-refractivity contribution >= 4 is 5.96 Å². The van der Waals surface area contributed by atoms with Gasteiger partial charge in [0.15, 0.2) is 5.96 Å². The fourth-order valence-corrected chi connectivity index (χ4v) is 1.38. The minimum atomic E-state index is 0.0472. The molecular weight excluding hydrogens is 268 g/mol. The van der Waals surface area contributed by atoms with E-state index in [9.17, 15) is 0 Å². The van der Waals surface area contributed by atoms with Gasteiger partial charge in [0.2, 0.25) is 0 Å². The molecule has 0 rings (SSSR count). The lowest BCUT2D eigenvalue weighted by Crippen LogP contribution is -2.44. The van der Waals surface area contributed by atoms with Gasteiger partial charge < -0.3 is 25.0 Å². The molecule has 0 saturated carbocycles. The van der Waals surface area contributed by atoms with E-state index in [1.165, 1.54) is 0 Å². The molecule has 126 valence electrons. The summed E-state index contributed by atoms with van der Waals surface area (Å²) in [7, 11) is 5.83. The highest BCUT2D eigenvalue weighted by molar-refractivity contribution is 5.79. The highest BCUT2D eigenvalue weighted by atomic mass is 16.5. The predicted molar refractivity (Wildman–Crippen MR) is 89.1 cm³/mol. The van der Waals surface area contributed by atoms with E-state index < -0.39 is 0 Å². The Labute approximate surface area is 130 Å². The van der Waals surface area contributed by atoms with E-state index in [-0.39, 0.29) is 5.54 Å². The largest absolute Gasteiger partial charge is 0.382 e. The Morgan fingerprint density at radius 3 is 2.43 bits per heavy atom. The molecule has 0 unspecified atom stereocenters. The van der Waals surface area contributed by atoms with Crippen molar-refractivity contribution in [3.8, 4) is 0 Å². The molecule has 0 aromatic carbocycles. The first kappa shape index (κ1) is 20.1. The molecule has 0 bridgehead atoms. The summed E-state index contributed by atoms with van der Waals surface area (Å²) in [5.41, 5.74) is 0.0472. The summed E-state index contributed by atoms with van der Waals surface area (Å²) in [5, 5.41) is 6.60. The fourth-order valence-electron chi connectivity index (χ4n) is 1.38. The Morgan fingerprint density at radius 1 is 1.14 bits per heavy atom. The van der Waals surface area contributed by atoms with E-state index in [2.05, 4.69) is 55.4 Å². The lowest BCUT2D eigenvalue weighted by molar-refractivity contribution is 0.0698. The van der Waals surface area contributed by atoms with Gasteiger partial charge in [-0.1, -0.05) is 0 Å². The molecule has 0 saturated heterocycles. The van der Waals surface area contributed by atoms with Crippen molar-refractivity contribution in [3.63, 3.8) is 0 Å². The van der Waals surface area contributed by atoms with Crippen LogP contribution in [0.1, 0.15) is 27.2 Å². The SMILES string of the molecule is CCNC(=NCC(C)(C)N(C)C)NCCCOCCOC. The summed E-state index contributed by atoms with van der Waals surface area (Å²) >= 11 is 0. The van der Waals surface area contributed by atoms with Crippen LogP contribution in [0.3, 0.4) is 0 Å². The molecule has 0 atom stereocenters. The Morgan fingerprint density at radius 2 is 1.86 bits per heavy atom. The molecule has 0 heterocycles. The van der Waals surface area contributed by atoms with Crippen molar-refractivity contribution in [2.45, 2.75) is 32.7 Å². The lowest BCUT2D eigenvalue weighted by atomic mass is 10.1. The number of ether oxygens (including phenoxy) is 2. The molecule has 0 aromatic heterocycles. The van der Waals surface area contributed by atoms with Gasteiger partial charge in [-0.15, -0.1) is 0 Å². The average molecular weight is 302 g/mol. The third kappa shape index (κ3) is 10.5. The second-order valence-corrected chi connectivity index (χ2v) is 5.79. The average Bonchev–Trinajstić information content (AvgIpc) is 2.43. The number of nitrogens with one attached hydrogen (secondary N) is 2. The quantitative estimate of drug-likeness (QED) is 0.338. The molecule has 6 heteroatoms. The molecule has 0 aromatic rings. The minimum Gasteiger partial charge on any atom is -0.382 e. The Balaban J connectivity index is 4.01. The van der Waals surface area contributed by atoms with Gasteiger partial charge in [0.05, 0.1) is 19.8 Å². The number of hydrogen-bond donors (Lipinski definition) is 2. The van der Waals surface area contributed by atoms with Crippen LogP contribution in [0.25, 0.3) is 0 Å². The molecule has 0 aliphatic carbocycles. The molecule has 2 N–H and O–H groups in total. The second-order valence-electron chi connectivity index (χ2n) is 5.79. The molecule has 0 radical (unpaired) electrons. The van der Waals surface area contributed by atoms with Gasteiger partial charge in [0.25, 0.3) is 0 Å². The molecule has 0 aliphatic heterocycles. The minimum absolute atomic E-state index is 0.0472. The topological polar surface area (TPSA) is 58.1 Å². The van der Waals surface area contributed by atoms with Crippen LogP contribution in [-0.2, 0) is 9.47 Å². The van der Waals surface area contributed by atoms with Gasteiger partial charge in [0.1, 0.15) is 0 Å². The summed E-state index contributed by atoms with van der Waals surface area (Å²) in [6, 6.07) is 0. The summed E-state index contributed by atoms with van der Waals surface area (Å²) in [6.45, 7) is 10.9. The first-order chi connectivity index (χ1) is 9.94. The predicted octanol–water partition coefficient (Wildman–Crippen LogP) is 0.935. The smallest absolute Gasteiger partial charge is 0.191 e. The van der Waals surface area contributed by atoms with Crippen molar-refractivity contribution in [2.75, 3.05) is 60.7 Å². The summed E-state index contributed by atoms with van der Waals surface area (Å²) in [6.07, 6.45) is 0.950. The Hall–Kier alpha value is -0.850. The van der Waals surface area contributed by atoms with Crippen molar-refractivity contribution in [1.82, 2.24) is 15.5 Å². The van der Waals surface area contributed by atoms with Gasteiger partial charge in [-0.2, -0.15) is 0 Å². The first-order valence-electron chi connectivity index (χ1n) is 7.70. The van der Waals surface area contributed by atoms with Crippen LogP contribution in [0, 0.1) is 0 Å². The standard InChI is InChI=1S/C15H34N4O2/c1-7-16-14(18-13-15(2,3)19(4)5)17-9-8-10-21-12-11-20-6/h7-13H2,1-6H3,(H2,16,17,18). The maximum Gasteiger partial charge on any atom is 0.191 e. The van der Waals surface area contributed by atoms with Crippen molar-refractivity contribution < 1.29 is 9.47 Å². The maximum absolute atomic E-state index is 5.43. The Kier molecular flexibility index (Phi) is 11.3. The van der Waals surface area contributed by atoms with Crippen LogP contribution < -0.4 is 10.6 Å². The highest BCUT2D eigenvalue weighted by Gasteiger charge is 2.19. The van der Waals surface area contributed by atoms with Crippen molar-refractivity contribution in [2.24, 2.45) is 4.99 Å². The summed E-state index contributed by atoms with van der Waals surface area (Å²) in [5.74, 6) is 0.865. The number of rotatable bonds is 11. The fraction of sp³-hybridized carbons (Fsp3) is 0.933. The molecule has 0 spiro atoms. The van der Waals surface area contributed by atoms with Crippen LogP contribution in [0.4, 0.5) is 0 Å². The number of nitrogens with zero attached hydrogens (tertiary/aromatic N) is 2. The molecule has 0 aliphatic rings. The first-order valence-corrected chi connectivity index (χ1v) is 7.70. The summed E-state index contributed by atoms with van der Waals surface area (Å²) < 4.78 is 10.4. The van der Waals surface area contributed by atoms with Crippen molar-refractivity contribution in [1.29, 1.82) is 0 Å². The number of guanidine groups is 1. The number of hydrogen-bond acceptors (Lipinski definition) is 4. The summed E-state index contributed by atoms with van der Waals surface area (Å²) in [4.78, 5) is 6.83. The van der Waals surface area contributed by atoms with E-state index in [0.717, 1.165) is 38.6 Å². The van der Waals surface area contributed by atoms with E-state index in [0.29, 0.717) is 13.2 Å². The zero-order chi connectivity index (χ0) is 16.1. The molecule has 0 amide bonds. The third-order valence-corrected chi connectivity index (χ3v) is 3.37. The third-order valence-electron chi connectivity index (χ3n) is 3.37. The van der Waals surface area contributed by atoms with E-state index in [1.807, 2.05) is 0 Å². The number of methoxy groups -OCH3 is 1. The number of likely N-dealkylation sites (N-methyl/N-ethyl adjacent to an activating group) is 1. The molecule has 0 fully saturated rings. The second kappa shape index (κ2) is 11.8. The van der Waals surface area contributed by atoms with Crippen LogP contribution in [0.15, 0.2) is 4.99 Å². The maximum atomic E-state index is 5.43. The zero-order valence-electron chi connectivity index (χ0n) is 14.7. The molecule has 21 heavy (non-hydrogen) atoms. The molecule has 6 nitrogen and oxygen atoms in total. The van der Waals surface area contributed by atoms with Gasteiger partial charge in [-0.3, -0.25) is 4.99 Å². The van der Waals surface area contributed by atoms with Crippen LogP contribution >= 0.6 is 0 Å². The van der Waals surface area contributed by atoms with E-state index in [4.69, 9.17) is 9.47 Å². The van der Waals surface area contributed by atoms with Crippen LogP contribution in [0.2, 0.25) is 0 Å². The van der Waals surface area contributed by atoms with Gasteiger partial charge in [-0.25, -0.2) is 0 Å². The molecular formula is C15H34N4O2. The van der Waals surface area contributed by atoms with Crippen molar-refractivity contribution in [3.05, 3.63) is 0 Å². The van der Waals surface area contributed by atoms with Gasteiger partial charge in [0, 0.05) is 32.3 Å². The van der Waals surface area contributed by atoms with E-state index >= 15 is 0 Å². The number of aliphatic imine (C=N–C) groups is 1. The Bertz CT molecular complexity index is 281. The highest BCUT2D eigenvalue weighted by Crippen LogP contribution is 2.09.